The predicted molar refractivity (Wildman–Crippen MR) is 263 cm³/mol. The molecule has 1 fully saturated rings. The first kappa shape index (κ1) is 57.3. The Bertz CT molecular complexity index is 1960. The van der Waals surface area contributed by atoms with Crippen molar-refractivity contribution in [1.29, 1.82) is 0 Å². The minimum Gasteiger partial charge on any atom is -0.467 e. The second kappa shape index (κ2) is 26.6. The van der Waals surface area contributed by atoms with E-state index in [0.29, 0.717) is 38.0 Å². The van der Waals surface area contributed by atoms with Crippen molar-refractivity contribution < 1.29 is 47.7 Å². The topological polar surface area (TPSA) is 185 Å². The Morgan fingerprint density at radius 2 is 1.47 bits per heavy atom. The molecule has 0 spiro atoms. The molecule has 0 bridgehead atoms. The summed E-state index contributed by atoms with van der Waals surface area (Å²) in [6.45, 7) is 19.7. The number of hydrogen-bond acceptors (Lipinski definition) is 11. The highest BCUT2D eigenvalue weighted by Crippen LogP contribution is 2.30. The second-order valence-corrected chi connectivity index (χ2v) is 20.0. The molecule has 0 aliphatic carbocycles. The molecular formula is C52H82N6O10. The lowest BCUT2D eigenvalue weighted by Gasteiger charge is -2.41. The van der Waals surface area contributed by atoms with Crippen molar-refractivity contribution in [2.45, 2.75) is 156 Å². The first-order valence-electron chi connectivity index (χ1n) is 24.1. The molecule has 3 N–H and O–H groups in total. The van der Waals surface area contributed by atoms with Gasteiger partial charge in [-0.15, -0.1) is 0 Å². The number of benzene rings is 2. The van der Waals surface area contributed by atoms with Crippen LogP contribution in [-0.4, -0.2) is 140 Å². The highest BCUT2D eigenvalue weighted by Gasteiger charge is 2.43. The van der Waals surface area contributed by atoms with E-state index in [1.54, 1.807) is 57.7 Å². The van der Waals surface area contributed by atoms with Crippen molar-refractivity contribution >= 4 is 41.4 Å². The number of carbonyl (C=O) groups excluding carboxylic acids is 6. The van der Waals surface area contributed by atoms with Crippen molar-refractivity contribution in [3.05, 3.63) is 65.7 Å². The monoisotopic (exact) mass is 951 g/mol. The number of likely N-dealkylation sites (N-methyl/N-ethyl adjacent to an activating group) is 2. The van der Waals surface area contributed by atoms with E-state index >= 15 is 0 Å². The molecule has 1 heterocycles. The number of nitrogens with zero attached hydrogens (tertiary/aromatic N) is 3. The maximum absolute atomic E-state index is 14.7. The molecule has 16 heteroatoms. The van der Waals surface area contributed by atoms with Crippen LogP contribution in [0, 0.1) is 23.7 Å². The molecule has 0 radical (unpaired) electrons. The van der Waals surface area contributed by atoms with Crippen LogP contribution in [0.5, 0.6) is 0 Å². The van der Waals surface area contributed by atoms with E-state index < -0.39 is 71.9 Å². The fourth-order valence-electron chi connectivity index (χ4n) is 9.33. The zero-order valence-corrected chi connectivity index (χ0v) is 43.4. The Morgan fingerprint density at radius 3 is 2.03 bits per heavy atom. The summed E-state index contributed by atoms with van der Waals surface area (Å²) in [6.07, 6.45) is 0.267. The summed E-state index contributed by atoms with van der Waals surface area (Å²) < 4.78 is 22.5. The van der Waals surface area contributed by atoms with Gasteiger partial charge in [-0.2, -0.15) is 0 Å². The quantitative estimate of drug-likeness (QED) is 0.0983. The molecule has 5 amide bonds. The molecule has 1 aliphatic rings. The number of carbonyl (C=O) groups is 6. The zero-order chi connectivity index (χ0) is 51.0. The predicted octanol–water partition coefficient (Wildman–Crippen LogP) is 6.45. The third-order valence-corrected chi connectivity index (χ3v) is 13.0. The first-order valence-corrected chi connectivity index (χ1v) is 24.1. The van der Waals surface area contributed by atoms with E-state index in [1.165, 1.54) is 14.2 Å². The summed E-state index contributed by atoms with van der Waals surface area (Å²) in [5.41, 5.74) is 1.65. The molecule has 1 aliphatic heterocycles. The first-order chi connectivity index (χ1) is 32.0. The zero-order valence-electron chi connectivity index (χ0n) is 43.4. The van der Waals surface area contributed by atoms with Crippen molar-refractivity contribution in [1.82, 2.24) is 25.3 Å². The second-order valence-electron chi connectivity index (χ2n) is 20.0. The number of rotatable bonds is 24. The van der Waals surface area contributed by atoms with Crippen LogP contribution in [0.4, 0.5) is 10.5 Å². The minimum absolute atomic E-state index is 0.0362. The molecule has 1 saturated heterocycles. The van der Waals surface area contributed by atoms with Gasteiger partial charge in [-0.3, -0.25) is 29.4 Å². The summed E-state index contributed by atoms with van der Waals surface area (Å²) in [5, 5.41) is 8.74. The van der Waals surface area contributed by atoms with Crippen LogP contribution in [0.3, 0.4) is 0 Å². The Balaban J connectivity index is 1.78. The molecule has 0 aromatic heterocycles. The largest absolute Gasteiger partial charge is 0.467 e. The van der Waals surface area contributed by atoms with E-state index in [2.05, 4.69) is 16.0 Å². The number of hydrogen-bond donors (Lipinski definition) is 3. The standard InChI is InChI=1S/C52H82N6O10/c1-16-34(6)45(41(65-13)30-42(59)58-27-21-26-40(58)46(66-14)35(7)47(60)54-39(50(63)67-15)29-36-22-18-17-19-23-36)57(12)49(62)43(32(2)3)55-48(61)44(33(4)5)56(11)31-37-24-20-25-38(28-37)53-51(64)68-52(8,9)10/h17-20,22-25,28,32-35,39-41,43-46H,16,21,26-27,29-31H2,1-15H3,(H,53,64)(H,54,60)(H,55,61)/t34-,35+,39-,40-,41+,43-,44-,45-,46+/m0/s1. The number of esters is 1. The maximum atomic E-state index is 14.7. The highest BCUT2D eigenvalue weighted by molar-refractivity contribution is 5.90. The van der Waals surface area contributed by atoms with Gasteiger partial charge in [0.25, 0.3) is 0 Å². The van der Waals surface area contributed by atoms with Gasteiger partial charge in [-0.25, -0.2) is 9.59 Å². The number of likely N-dealkylation sites (tertiary alicyclic amines) is 1. The van der Waals surface area contributed by atoms with Gasteiger partial charge in [0, 0.05) is 46.5 Å². The summed E-state index contributed by atoms with van der Waals surface area (Å²) in [4.78, 5) is 87.7. The van der Waals surface area contributed by atoms with Crippen LogP contribution in [0.15, 0.2) is 54.6 Å². The van der Waals surface area contributed by atoms with Gasteiger partial charge in [-0.05, 0) is 81.7 Å². The van der Waals surface area contributed by atoms with Gasteiger partial charge in [0.2, 0.25) is 23.6 Å². The fourth-order valence-corrected chi connectivity index (χ4v) is 9.33. The summed E-state index contributed by atoms with van der Waals surface area (Å²) in [6, 6.07) is 13.4. The Hall–Kier alpha value is -5.06. The molecule has 3 rings (SSSR count). The normalized spacial score (nSPS) is 17.6. The van der Waals surface area contributed by atoms with Crippen molar-refractivity contribution in [3.8, 4) is 0 Å². The van der Waals surface area contributed by atoms with Gasteiger partial charge >= 0.3 is 12.1 Å². The molecule has 0 unspecified atom stereocenters. The number of nitrogens with one attached hydrogen (secondary N) is 3. The molecule has 9 atom stereocenters. The van der Waals surface area contributed by atoms with Gasteiger partial charge in [0.1, 0.15) is 17.7 Å². The Morgan fingerprint density at radius 1 is 0.824 bits per heavy atom. The summed E-state index contributed by atoms with van der Waals surface area (Å²) >= 11 is 0. The van der Waals surface area contributed by atoms with Crippen molar-refractivity contribution in [2.24, 2.45) is 23.7 Å². The summed E-state index contributed by atoms with van der Waals surface area (Å²) in [5.74, 6) is -2.97. The van der Waals surface area contributed by atoms with Crippen molar-refractivity contribution in [3.63, 3.8) is 0 Å². The Labute approximate surface area is 405 Å². The van der Waals surface area contributed by atoms with Gasteiger partial charge in [0.15, 0.2) is 0 Å². The van der Waals surface area contributed by atoms with E-state index in [-0.39, 0.29) is 48.3 Å². The molecule has 0 saturated carbocycles. The lowest BCUT2D eigenvalue weighted by atomic mass is 9.89. The molecule has 2 aromatic rings. The van der Waals surface area contributed by atoms with E-state index in [4.69, 9.17) is 18.9 Å². The fraction of sp³-hybridized carbons (Fsp3) is 0.654. The average molecular weight is 951 g/mol. The van der Waals surface area contributed by atoms with Crippen LogP contribution in [0.1, 0.15) is 106 Å². The van der Waals surface area contributed by atoms with Crippen molar-refractivity contribution in [2.75, 3.05) is 47.3 Å². The average Bonchev–Trinajstić information content (AvgIpc) is 3.76. The van der Waals surface area contributed by atoms with Gasteiger partial charge in [0.05, 0.1) is 49.8 Å². The van der Waals surface area contributed by atoms with Gasteiger partial charge < -0.3 is 39.4 Å². The molecule has 380 valence electrons. The van der Waals surface area contributed by atoms with Crippen LogP contribution in [0.25, 0.3) is 0 Å². The van der Waals surface area contributed by atoms with Crippen LogP contribution in [-0.2, 0) is 55.9 Å². The molecule has 2 aromatic carbocycles. The van der Waals surface area contributed by atoms with E-state index in [9.17, 15) is 28.8 Å². The highest BCUT2D eigenvalue weighted by atomic mass is 16.6. The molecule has 16 nitrogen and oxygen atoms in total. The van der Waals surface area contributed by atoms with Gasteiger partial charge in [-0.1, -0.05) is 97.4 Å². The number of anilines is 1. The third kappa shape index (κ3) is 16.3. The maximum Gasteiger partial charge on any atom is 0.412 e. The SMILES string of the molecule is CC[C@H](C)[C@@H]([C@@H](CC(=O)N1CCC[C@H]1[C@H](OC)[C@@H](C)C(=O)N[C@@H](Cc1ccccc1)C(=O)OC)OC)N(C)C(=O)[C@@H](NC(=O)[C@H](C(C)C)N(C)Cc1cccc(NC(=O)OC(C)(C)C)c1)C(C)C. The lowest BCUT2D eigenvalue weighted by molar-refractivity contribution is -0.149. The van der Waals surface area contributed by atoms with E-state index in [0.717, 1.165) is 11.1 Å². The van der Waals surface area contributed by atoms with Crippen LogP contribution < -0.4 is 16.0 Å². The van der Waals surface area contributed by atoms with Crippen LogP contribution >= 0.6 is 0 Å². The third-order valence-electron chi connectivity index (χ3n) is 13.0. The minimum atomic E-state index is -0.914. The number of ether oxygens (including phenoxy) is 4. The lowest BCUT2D eigenvalue weighted by Crippen LogP contribution is -2.60. The van der Waals surface area contributed by atoms with E-state index in [1.807, 2.05) is 102 Å². The molecule has 68 heavy (non-hydrogen) atoms. The summed E-state index contributed by atoms with van der Waals surface area (Å²) in [7, 11) is 7.91. The molecular weight excluding hydrogens is 869 g/mol. The van der Waals surface area contributed by atoms with Crippen LogP contribution in [0.2, 0.25) is 0 Å². The Kier molecular flexibility index (Phi) is 22.4. The smallest absolute Gasteiger partial charge is 0.412 e. The number of amides is 5. The number of methoxy groups -OCH3 is 3.